The highest BCUT2D eigenvalue weighted by atomic mass is 16.7. The summed E-state index contributed by atoms with van der Waals surface area (Å²) in [6, 6.07) is 0. The molecule has 1 rings (SSSR count). The van der Waals surface area contributed by atoms with Crippen molar-refractivity contribution < 1.29 is 23.8 Å². The zero-order valence-electron chi connectivity index (χ0n) is 24.1. The number of likely N-dealkylation sites (N-methyl/N-ethyl adjacent to an activating group) is 1. The lowest BCUT2D eigenvalue weighted by atomic mass is 10.0. The van der Waals surface area contributed by atoms with Gasteiger partial charge in [0.05, 0.1) is 6.61 Å². The molecule has 212 valence electrons. The minimum absolute atomic E-state index is 0.0721. The highest BCUT2D eigenvalue weighted by Gasteiger charge is 2.25. The van der Waals surface area contributed by atoms with E-state index in [1.165, 1.54) is 57.8 Å². The van der Waals surface area contributed by atoms with Crippen LogP contribution in [0.2, 0.25) is 0 Å². The number of carbonyl (C=O) groups is 2. The second-order valence-electron chi connectivity index (χ2n) is 11.3. The Balaban J connectivity index is 2.26. The van der Waals surface area contributed by atoms with Gasteiger partial charge < -0.3 is 19.1 Å². The van der Waals surface area contributed by atoms with E-state index in [1.807, 2.05) is 7.05 Å². The van der Waals surface area contributed by atoms with Crippen LogP contribution in [0, 0.1) is 5.92 Å². The molecule has 0 aromatic carbocycles. The van der Waals surface area contributed by atoms with Crippen molar-refractivity contribution in [2.24, 2.45) is 5.92 Å². The van der Waals surface area contributed by atoms with Crippen molar-refractivity contribution in [3.05, 3.63) is 0 Å². The van der Waals surface area contributed by atoms with E-state index in [0.29, 0.717) is 31.8 Å². The van der Waals surface area contributed by atoms with E-state index in [4.69, 9.17) is 14.2 Å². The molecule has 1 unspecified atom stereocenters. The third-order valence-corrected chi connectivity index (χ3v) is 7.10. The van der Waals surface area contributed by atoms with Gasteiger partial charge in [0.2, 0.25) is 0 Å². The van der Waals surface area contributed by atoms with Gasteiger partial charge in [-0.25, -0.2) is 4.79 Å². The van der Waals surface area contributed by atoms with Crippen LogP contribution in [-0.4, -0.2) is 56.0 Å². The Morgan fingerprint density at radius 3 is 2.06 bits per heavy atom. The minimum atomic E-state index is -0.547. The standard InChI is InChI=1S/C30H57NO5/c1-5-6-7-8-9-10-11-12-13-14-19-27(35-30(33)36-28-22-23-31(4)25-28)20-17-24-34-29(32)21-16-15-18-26(2)3/h26-28H,5-25H2,1-4H3/t27?,28-/m1/s1. The Kier molecular flexibility index (Phi) is 19.8. The molecule has 0 spiro atoms. The van der Waals surface area contributed by atoms with Gasteiger partial charge in [-0.05, 0) is 51.5 Å². The van der Waals surface area contributed by atoms with Gasteiger partial charge in [0, 0.05) is 19.5 Å². The lowest BCUT2D eigenvalue weighted by Crippen LogP contribution is -2.26. The number of likely N-dealkylation sites (tertiary alicyclic amines) is 1. The van der Waals surface area contributed by atoms with E-state index in [0.717, 1.165) is 51.6 Å². The molecule has 6 heteroatoms. The number of nitrogens with zero attached hydrogens (tertiary/aromatic N) is 1. The second kappa shape index (κ2) is 21.8. The number of ether oxygens (including phenoxy) is 3. The molecule has 0 aromatic heterocycles. The smallest absolute Gasteiger partial charge is 0.466 e. The van der Waals surface area contributed by atoms with Gasteiger partial charge in [-0.1, -0.05) is 91.4 Å². The minimum Gasteiger partial charge on any atom is -0.466 e. The first kappa shape index (κ1) is 32.7. The highest BCUT2D eigenvalue weighted by molar-refractivity contribution is 5.69. The van der Waals surface area contributed by atoms with Gasteiger partial charge in [0.15, 0.2) is 0 Å². The summed E-state index contributed by atoms with van der Waals surface area (Å²) in [7, 11) is 2.04. The number of carbonyl (C=O) groups excluding carboxylic acids is 2. The van der Waals surface area contributed by atoms with Crippen molar-refractivity contribution in [1.29, 1.82) is 0 Å². The van der Waals surface area contributed by atoms with Crippen LogP contribution in [0.15, 0.2) is 0 Å². The van der Waals surface area contributed by atoms with Crippen LogP contribution in [0.3, 0.4) is 0 Å². The first-order valence-corrected chi connectivity index (χ1v) is 15.1. The Labute approximate surface area is 222 Å². The van der Waals surface area contributed by atoms with Crippen molar-refractivity contribution >= 4 is 12.1 Å². The lowest BCUT2D eigenvalue weighted by Gasteiger charge is -2.19. The van der Waals surface area contributed by atoms with Crippen LogP contribution in [0.5, 0.6) is 0 Å². The normalized spacial score (nSPS) is 16.9. The Morgan fingerprint density at radius 1 is 0.833 bits per heavy atom. The summed E-state index contributed by atoms with van der Waals surface area (Å²) in [5.74, 6) is 0.561. The summed E-state index contributed by atoms with van der Waals surface area (Å²) in [6.07, 6.45) is 18.8. The topological polar surface area (TPSA) is 65.1 Å². The van der Waals surface area contributed by atoms with Gasteiger partial charge in [-0.2, -0.15) is 0 Å². The van der Waals surface area contributed by atoms with Crippen LogP contribution in [-0.2, 0) is 19.0 Å². The SMILES string of the molecule is CCCCCCCCCCCCC(CCCOC(=O)CCCCC(C)C)OC(=O)O[C@@H]1CCN(C)C1. The van der Waals surface area contributed by atoms with E-state index >= 15 is 0 Å². The molecule has 36 heavy (non-hydrogen) atoms. The van der Waals surface area contributed by atoms with E-state index in [9.17, 15) is 9.59 Å². The van der Waals surface area contributed by atoms with Gasteiger partial charge >= 0.3 is 12.1 Å². The molecule has 0 radical (unpaired) electrons. The summed E-state index contributed by atoms with van der Waals surface area (Å²) in [4.78, 5) is 26.5. The molecular formula is C30H57NO5. The largest absolute Gasteiger partial charge is 0.508 e. The maximum Gasteiger partial charge on any atom is 0.508 e. The average Bonchev–Trinajstić information content (AvgIpc) is 3.24. The first-order chi connectivity index (χ1) is 17.4. The predicted octanol–water partition coefficient (Wildman–Crippen LogP) is 8.06. The van der Waals surface area contributed by atoms with Gasteiger partial charge in [0.25, 0.3) is 0 Å². The molecule has 0 amide bonds. The van der Waals surface area contributed by atoms with Gasteiger partial charge in [0.1, 0.15) is 12.2 Å². The summed E-state index contributed by atoms with van der Waals surface area (Å²) >= 11 is 0. The van der Waals surface area contributed by atoms with E-state index in [1.54, 1.807) is 0 Å². The molecule has 1 saturated heterocycles. The molecule has 1 fully saturated rings. The predicted molar refractivity (Wildman–Crippen MR) is 147 cm³/mol. The molecule has 0 saturated carbocycles. The molecule has 2 atom stereocenters. The quantitative estimate of drug-likeness (QED) is 0.108. The highest BCUT2D eigenvalue weighted by Crippen LogP contribution is 2.18. The zero-order valence-corrected chi connectivity index (χ0v) is 24.1. The van der Waals surface area contributed by atoms with Crippen molar-refractivity contribution in [1.82, 2.24) is 4.90 Å². The fraction of sp³-hybridized carbons (Fsp3) is 0.933. The van der Waals surface area contributed by atoms with Crippen LogP contribution in [0.25, 0.3) is 0 Å². The molecule has 1 heterocycles. The third kappa shape index (κ3) is 18.9. The fourth-order valence-corrected chi connectivity index (χ4v) is 4.80. The second-order valence-corrected chi connectivity index (χ2v) is 11.3. The van der Waals surface area contributed by atoms with Crippen molar-refractivity contribution in [2.75, 3.05) is 26.7 Å². The Morgan fingerprint density at radius 2 is 1.44 bits per heavy atom. The fourth-order valence-electron chi connectivity index (χ4n) is 4.80. The molecular weight excluding hydrogens is 454 g/mol. The number of rotatable bonds is 22. The maximum absolute atomic E-state index is 12.4. The number of esters is 1. The van der Waals surface area contributed by atoms with Crippen molar-refractivity contribution in [2.45, 2.75) is 149 Å². The number of hydrogen-bond acceptors (Lipinski definition) is 6. The molecule has 1 aliphatic rings. The van der Waals surface area contributed by atoms with Crippen molar-refractivity contribution in [3.63, 3.8) is 0 Å². The van der Waals surface area contributed by atoms with Gasteiger partial charge in [-0.3, -0.25) is 4.79 Å². The van der Waals surface area contributed by atoms with Crippen molar-refractivity contribution in [3.8, 4) is 0 Å². The summed E-state index contributed by atoms with van der Waals surface area (Å²) < 4.78 is 16.7. The van der Waals surface area contributed by atoms with Crippen LogP contribution < -0.4 is 0 Å². The number of unbranched alkanes of at least 4 members (excludes halogenated alkanes) is 10. The molecule has 0 aromatic rings. The summed E-state index contributed by atoms with van der Waals surface area (Å²) in [6.45, 7) is 8.77. The molecule has 0 bridgehead atoms. The first-order valence-electron chi connectivity index (χ1n) is 15.1. The zero-order chi connectivity index (χ0) is 26.4. The van der Waals surface area contributed by atoms with Crippen LogP contribution in [0.1, 0.15) is 136 Å². The monoisotopic (exact) mass is 511 g/mol. The molecule has 6 nitrogen and oxygen atoms in total. The summed E-state index contributed by atoms with van der Waals surface area (Å²) in [5, 5.41) is 0. The lowest BCUT2D eigenvalue weighted by molar-refractivity contribution is -0.144. The van der Waals surface area contributed by atoms with Crippen LogP contribution in [0.4, 0.5) is 4.79 Å². The van der Waals surface area contributed by atoms with E-state index < -0.39 is 6.16 Å². The Hall–Kier alpha value is -1.30. The average molecular weight is 512 g/mol. The van der Waals surface area contributed by atoms with E-state index in [-0.39, 0.29) is 18.2 Å². The maximum atomic E-state index is 12.4. The van der Waals surface area contributed by atoms with Crippen LogP contribution >= 0.6 is 0 Å². The molecule has 0 N–H and O–H groups in total. The Bertz CT molecular complexity index is 553. The van der Waals surface area contributed by atoms with Gasteiger partial charge in [-0.15, -0.1) is 0 Å². The summed E-state index contributed by atoms with van der Waals surface area (Å²) in [5.41, 5.74) is 0. The van der Waals surface area contributed by atoms with E-state index in [2.05, 4.69) is 25.7 Å². The number of hydrogen-bond donors (Lipinski definition) is 0. The molecule has 0 aliphatic carbocycles. The third-order valence-electron chi connectivity index (χ3n) is 7.10. The molecule has 1 aliphatic heterocycles.